The second-order valence-corrected chi connectivity index (χ2v) is 3.43. The van der Waals surface area contributed by atoms with Gasteiger partial charge in [0.1, 0.15) is 0 Å². The molecule has 13 heavy (non-hydrogen) atoms. The predicted octanol–water partition coefficient (Wildman–Crippen LogP) is -0.937. The fourth-order valence-electron chi connectivity index (χ4n) is 1.65. The van der Waals surface area contributed by atoms with Crippen molar-refractivity contribution in [3.63, 3.8) is 0 Å². The minimum atomic E-state index is 0. The van der Waals surface area contributed by atoms with Crippen molar-refractivity contribution in [2.24, 2.45) is 0 Å². The van der Waals surface area contributed by atoms with Gasteiger partial charge in [-0.05, 0) is 32.9 Å². The molecule has 1 aliphatic heterocycles. The molecule has 2 nitrogen and oxygen atoms in total. The summed E-state index contributed by atoms with van der Waals surface area (Å²) in [6, 6.07) is 0.491. The van der Waals surface area contributed by atoms with Crippen molar-refractivity contribution in [1.82, 2.24) is 4.90 Å². The Balaban J connectivity index is 0.00000144. The molecule has 1 atom stereocenters. The maximum atomic E-state index is 5.28. The van der Waals surface area contributed by atoms with Gasteiger partial charge in [0, 0.05) is 6.61 Å². The number of ether oxygens (including phenoxy) is 1. The van der Waals surface area contributed by atoms with E-state index in [4.69, 9.17) is 4.74 Å². The molecule has 0 N–H and O–H groups in total. The number of nitrogens with zero attached hydrogens (tertiary/aromatic N) is 1. The number of piperidine rings is 1. The van der Waals surface area contributed by atoms with Gasteiger partial charge in [0.25, 0.3) is 0 Å². The first-order valence-corrected chi connectivity index (χ1v) is 5.03. The summed E-state index contributed by atoms with van der Waals surface area (Å²) in [5.74, 6) is 0. The molecule has 0 spiro atoms. The van der Waals surface area contributed by atoms with Crippen molar-refractivity contribution < 1.29 is 23.6 Å². The first-order valence-electron chi connectivity index (χ1n) is 5.03. The largest absolute Gasteiger partial charge is 1.00 e. The zero-order chi connectivity index (χ0) is 8.81. The number of hydrogen-bond acceptors (Lipinski definition) is 2. The Bertz CT molecular complexity index is 115. The number of rotatable bonds is 4. The van der Waals surface area contributed by atoms with E-state index in [0.717, 1.165) is 6.61 Å². The van der Waals surface area contributed by atoms with E-state index >= 15 is 0 Å². The van der Waals surface area contributed by atoms with Crippen LogP contribution in [0.1, 0.15) is 33.1 Å². The monoisotopic (exact) mass is 177 g/mol. The van der Waals surface area contributed by atoms with Crippen molar-refractivity contribution in [1.29, 1.82) is 0 Å². The molecule has 0 aromatic heterocycles. The molecule has 1 heterocycles. The predicted molar refractivity (Wildman–Crippen MR) is 50.8 cm³/mol. The van der Waals surface area contributed by atoms with E-state index in [1.807, 2.05) is 13.5 Å². The van der Waals surface area contributed by atoms with Gasteiger partial charge in [-0.3, -0.25) is 0 Å². The molecule has 1 unspecified atom stereocenters. The summed E-state index contributed by atoms with van der Waals surface area (Å²) < 4.78 is 5.28. The summed E-state index contributed by atoms with van der Waals surface area (Å²) in [7, 11) is 0. The Morgan fingerprint density at radius 3 is 2.46 bits per heavy atom. The van der Waals surface area contributed by atoms with Crippen molar-refractivity contribution in [2.45, 2.75) is 39.2 Å². The van der Waals surface area contributed by atoms with E-state index < -0.39 is 0 Å². The van der Waals surface area contributed by atoms with Gasteiger partial charge in [0.15, 0.2) is 0 Å². The van der Waals surface area contributed by atoms with Gasteiger partial charge in [-0.2, -0.15) is 6.61 Å². The van der Waals surface area contributed by atoms with E-state index in [-0.39, 0.29) is 18.9 Å². The Hall–Kier alpha value is 0.517. The Morgan fingerprint density at radius 2 is 1.92 bits per heavy atom. The minimum Gasteiger partial charge on any atom is -0.551 e. The molecular formula is C10H20LiNO. The molecular weight excluding hydrogens is 157 g/mol. The maximum Gasteiger partial charge on any atom is 1.00 e. The van der Waals surface area contributed by atoms with E-state index in [0.29, 0.717) is 6.04 Å². The van der Waals surface area contributed by atoms with E-state index in [2.05, 4.69) is 11.8 Å². The second-order valence-electron chi connectivity index (χ2n) is 3.43. The average molecular weight is 177 g/mol. The third kappa shape index (κ3) is 5.08. The van der Waals surface area contributed by atoms with Crippen LogP contribution in [-0.2, 0) is 4.74 Å². The fourth-order valence-corrected chi connectivity index (χ4v) is 1.65. The molecule has 0 amide bonds. The summed E-state index contributed by atoms with van der Waals surface area (Å²) in [4.78, 5) is 2.49. The van der Waals surface area contributed by atoms with Crippen LogP contribution < -0.4 is 18.9 Å². The molecule has 0 bridgehead atoms. The van der Waals surface area contributed by atoms with Crippen molar-refractivity contribution in [3.8, 4) is 0 Å². The van der Waals surface area contributed by atoms with Crippen LogP contribution in [0.15, 0.2) is 0 Å². The van der Waals surface area contributed by atoms with E-state index in [1.165, 1.54) is 32.4 Å². The van der Waals surface area contributed by atoms with Crippen LogP contribution in [0.2, 0.25) is 0 Å². The van der Waals surface area contributed by atoms with Gasteiger partial charge < -0.3 is 9.64 Å². The summed E-state index contributed by atoms with van der Waals surface area (Å²) in [6.45, 7) is 9.47. The zero-order valence-corrected chi connectivity index (χ0v) is 9.25. The van der Waals surface area contributed by atoms with Gasteiger partial charge >= 0.3 is 18.9 Å². The summed E-state index contributed by atoms with van der Waals surface area (Å²) in [6.07, 6.45) is 4.10. The molecule has 3 heteroatoms. The van der Waals surface area contributed by atoms with Gasteiger partial charge in [-0.15, -0.1) is 0 Å². The second kappa shape index (κ2) is 7.88. The fraction of sp³-hybridized carbons (Fsp3) is 0.900. The molecule has 0 saturated carbocycles. The molecule has 1 aliphatic rings. The van der Waals surface area contributed by atoms with E-state index in [9.17, 15) is 0 Å². The number of hydrogen-bond donors (Lipinski definition) is 0. The Kier molecular flexibility index (Phi) is 8.19. The van der Waals surface area contributed by atoms with Crippen LogP contribution in [0.25, 0.3) is 0 Å². The van der Waals surface area contributed by atoms with Crippen molar-refractivity contribution in [2.75, 3.05) is 19.7 Å². The van der Waals surface area contributed by atoms with E-state index in [1.54, 1.807) is 0 Å². The molecule has 0 aromatic carbocycles. The van der Waals surface area contributed by atoms with Gasteiger partial charge in [-0.25, -0.2) is 0 Å². The smallest absolute Gasteiger partial charge is 0.551 e. The van der Waals surface area contributed by atoms with Crippen LogP contribution in [-0.4, -0.2) is 30.6 Å². The first kappa shape index (κ1) is 13.5. The summed E-state index contributed by atoms with van der Waals surface area (Å²) >= 11 is 0. The Morgan fingerprint density at radius 1 is 1.31 bits per heavy atom. The van der Waals surface area contributed by atoms with Gasteiger partial charge in [0.05, 0.1) is 0 Å². The zero-order valence-electron chi connectivity index (χ0n) is 9.25. The molecule has 1 fully saturated rings. The topological polar surface area (TPSA) is 12.5 Å². The van der Waals surface area contributed by atoms with Crippen molar-refractivity contribution in [3.05, 3.63) is 6.61 Å². The first-order chi connectivity index (χ1) is 5.84. The van der Waals surface area contributed by atoms with Crippen LogP contribution in [0.4, 0.5) is 0 Å². The quantitative estimate of drug-likeness (QED) is 0.406. The van der Waals surface area contributed by atoms with Crippen LogP contribution >= 0.6 is 0 Å². The summed E-state index contributed by atoms with van der Waals surface area (Å²) in [5, 5.41) is 0. The summed E-state index contributed by atoms with van der Waals surface area (Å²) in [5.41, 5.74) is 0. The van der Waals surface area contributed by atoms with Gasteiger partial charge in [-0.1, -0.05) is 19.4 Å². The standard InChI is InChI=1S/C10H20NO.Li/c1-3-12-9-10(2)11-7-5-4-6-8-11;/h9-10H,3-8H2,1-2H3;/q-1;+1. The average Bonchev–Trinajstić information content (AvgIpc) is 2.15. The van der Waals surface area contributed by atoms with Crippen LogP contribution in [0, 0.1) is 6.61 Å². The normalized spacial score (nSPS) is 20.8. The SMILES string of the molecule is CCO[CH-]C(C)N1CCCCC1.[Li+]. The third-order valence-electron chi connectivity index (χ3n) is 2.43. The molecule has 0 aliphatic carbocycles. The van der Waals surface area contributed by atoms with Crippen molar-refractivity contribution >= 4 is 0 Å². The Labute approximate surface area is 94.2 Å². The maximum absolute atomic E-state index is 5.28. The van der Waals surface area contributed by atoms with Crippen LogP contribution in [0.5, 0.6) is 0 Å². The number of likely N-dealkylation sites (tertiary alicyclic amines) is 1. The van der Waals surface area contributed by atoms with Gasteiger partial charge in [0.2, 0.25) is 0 Å². The molecule has 1 saturated heterocycles. The molecule has 0 aromatic rings. The minimum absolute atomic E-state index is 0. The van der Waals surface area contributed by atoms with Crippen LogP contribution in [0.3, 0.4) is 0 Å². The molecule has 0 radical (unpaired) electrons. The molecule has 72 valence electrons. The third-order valence-corrected chi connectivity index (χ3v) is 2.43. The molecule has 1 rings (SSSR count).